The van der Waals surface area contributed by atoms with Gasteiger partial charge in [-0.2, -0.15) is 0 Å². The molecule has 0 aromatic rings. The molecule has 0 amide bonds. The molecule has 0 radical (unpaired) electrons. The van der Waals surface area contributed by atoms with Crippen molar-refractivity contribution in [3.63, 3.8) is 0 Å². The second-order valence-corrected chi connectivity index (χ2v) is 2.83. The highest BCUT2D eigenvalue weighted by atomic mass is 16.5. The third-order valence-electron chi connectivity index (χ3n) is 1.51. The van der Waals surface area contributed by atoms with E-state index in [1.54, 1.807) is 6.08 Å². The molecule has 0 aliphatic rings. The fraction of sp³-hybridized carbons (Fsp3) is 0.636. The summed E-state index contributed by atoms with van der Waals surface area (Å²) in [4.78, 5) is 0. The first-order chi connectivity index (χ1) is 7.31. The van der Waals surface area contributed by atoms with Crippen LogP contribution >= 0.6 is 0 Å². The second-order valence-electron chi connectivity index (χ2n) is 2.83. The Morgan fingerprint density at radius 3 is 2.27 bits per heavy atom. The van der Waals surface area contributed by atoms with Crippen molar-refractivity contribution in [2.24, 2.45) is 0 Å². The normalized spacial score (nSPS) is 9.93. The third kappa shape index (κ3) is 11.1. The number of allylic oxidation sites excluding steroid dienone is 1. The molecule has 0 aromatic carbocycles. The summed E-state index contributed by atoms with van der Waals surface area (Å²) in [5.74, 6) is 0.699. The Kier molecular flexibility index (Phi) is 10.6. The lowest BCUT2D eigenvalue weighted by Crippen LogP contribution is -2.10. The summed E-state index contributed by atoms with van der Waals surface area (Å²) in [6.07, 6.45) is 2.41. The van der Waals surface area contributed by atoms with E-state index in [1.807, 2.05) is 0 Å². The van der Waals surface area contributed by atoms with Gasteiger partial charge in [-0.25, -0.2) is 0 Å². The first kappa shape index (κ1) is 14.2. The van der Waals surface area contributed by atoms with Gasteiger partial charge in [0.05, 0.1) is 38.8 Å². The fourth-order valence-corrected chi connectivity index (χ4v) is 0.851. The van der Waals surface area contributed by atoms with Crippen LogP contribution in [0.25, 0.3) is 0 Å². The van der Waals surface area contributed by atoms with Crippen molar-refractivity contribution < 1.29 is 19.3 Å². The topological polar surface area (TPSA) is 47.9 Å². The molecule has 0 aliphatic heterocycles. The molecule has 0 spiro atoms. The van der Waals surface area contributed by atoms with E-state index in [2.05, 4.69) is 13.2 Å². The van der Waals surface area contributed by atoms with Crippen molar-refractivity contribution >= 4 is 0 Å². The maximum Gasteiger partial charge on any atom is 0.111 e. The Morgan fingerprint density at radius 1 is 1.07 bits per heavy atom. The molecule has 0 aliphatic carbocycles. The standard InChI is InChI=1S/C11H20O4/c1-3-4-11(2)15-10-9-14-8-7-13-6-5-12/h3,12H,1-2,4-10H2. The third-order valence-corrected chi connectivity index (χ3v) is 1.51. The van der Waals surface area contributed by atoms with E-state index in [9.17, 15) is 0 Å². The van der Waals surface area contributed by atoms with Gasteiger partial charge < -0.3 is 19.3 Å². The summed E-state index contributed by atoms with van der Waals surface area (Å²) in [6.45, 7) is 9.69. The average molecular weight is 216 g/mol. The Balaban J connectivity index is 3.04. The van der Waals surface area contributed by atoms with Gasteiger partial charge in [-0.05, 0) is 0 Å². The molecule has 15 heavy (non-hydrogen) atoms. The molecule has 0 fully saturated rings. The van der Waals surface area contributed by atoms with Gasteiger partial charge in [-0.1, -0.05) is 12.7 Å². The minimum atomic E-state index is 0.0461. The van der Waals surface area contributed by atoms with Gasteiger partial charge in [0.1, 0.15) is 6.61 Å². The lowest BCUT2D eigenvalue weighted by molar-refractivity contribution is 0.0174. The summed E-state index contributed by atoms with van der Waals surface area (Å²) in [7, 11) is 0. The molecule has 4 nitrogen and oxygen atoms in total. The van der Waals surface area contributed by atoms with Crippen LogP contribution in [0.2, 0.25) is 0 Å². The lowest BCUT2D eigenvalue weighted by Gasteiger charge is -2.08. The van der Waals surface area contributed by atoms with Gasteiger partial charge >= 0.3 is 0 Å². The van der Waals surface area contributed by atoms with Gasteiger partial charge in [0.2, 0.25) is 0 Å². The van der Waals surface area contributed by atoms with E-state index in [1.165, 1.54) is 0 Å². The Morgan fingerprint density at radius 2 is 1.67 bits per heavy atom. The molecule has 0 rings (SSSR count). The van der Waals surface area contributed by atoms with Gasteiger partial charge in [0.25, 0.3) is 0 Å². The number of aliphatic hydroxyl groups is 1. The molecule has 0 bridgehead atoms. The van der Waals surface area contributed by atoms with Crippen molar-refractivity contribution in [2.75, 3.05) is 39.6 Å². The number of aliphatic hydroxyl groups excluding tert-OH is 1. The summed E-state index contributed by atoms with van der Waals surface area (Å²) in [6, 6.07) is 0. The minimum absolute atomic E-state index is 0.0461. The van der Waals surface area contributed by atoms with Crippen LogP contribution in [-0.4, -0.2) is 44.7 Å². The number of rotatable bonds is 11. The van der Waals surface area contributed by atoms with Gasteiger partial charge in [-0.3, -0.25) is 0 Å². The molecule has 0 saturated carbocycles. The van der Waals surface area contributed by atoms with Crippen molar-refractivity contribution in [1.29, 1.82) is 0 Å². The van der Waals surface area contributed by atoms with Crippen LogP contribution in [0.15, 0.2) is 25.0 Å². The van der Waals surface area contributed by atoms with E-state index in [0.29, 0.717) is 45.2 Å². The van der Waals surface area contributed by atoms with Crippen molar-refractivity contribution in [3.05, 3.63) is 25.0 Å². The monoisotopic (exact) mass is 216 g/mol. The van der Waals surface area contributed by atoms with Crippen LogP contribution in [0.4, 0.5) is 0 Å². The SMILES string of the molecule is C=CCC(=C)OCCOCCOCCO. The summed E-state index contributed by atoms with van der Waals surface area (Å²) < 4.78 is 15.5. The zero-order chi connectivity index (χ0) is 11.4. The second kappa shape index (κ2) is 11.2. The Labute approximate surface area is 91.1 Å². The van der Waals surface area contributed by atoms with Crippen LogP contribution in [0, 0.1) is 0 Å². The summed E-state index contributed by atoms with van der Waals surface area (Å²) in [5.41, 5.74) is 0. The predicted molar refractivity (Wildman–Crippen MR) is 58.6 cm³/mol. The maximum absolute atomic E-state index is 8.42. The van der Waals surface area contributed by atoms with Crippen LogP contribution in [0.3, 0.4) is 0 Å². The van der Waals surface area contributed by atoms with Crippen LogP contribution in [-0.2, 0) is 14.2 Å². The first-order valence-electron chi connectivity index (χ1n) is 4.99. The van der Waals surface area contributed by atoms with E-state index in [0.717, 1.165) is 0 Å². The number of ether oxygens (including phenoxy) is 3. The zero-order valence-electron chi connectivity index (χ0n) is 9.11. The molecular weight excluding hydrogens is 196 g/mol. The van der Waals surface area contributed by atoms with Crippen molar-refractivity contribution in [1.82, 2.24) is 0 Å². The van der Waals surface area contributed by atoms with E-state index < -0.39 is 0 Å². The Bertz CT molecular complexity index is 168. The molecule has 88 valence electrons. The molecule has 4 heteroatoms. The number of hydrogen-bond acceptors (Lipinski definition) is 4. The molecule has 0 atom stereocenters. The minimum Gasteiger partial charge on any atom is -0.496 e. The van der Waals surface area contributed by atoms with Crippen molar-refractivity contribution in [2.45, 2.75) is 6.42 Å². The van der Waals surface area contributed by atoms with Crippen LogP contribution in [0.1, 0.15) is 6.42 Å². The lowest BCUT2D eigenvalue weighted by atomic mass is 10.4. The predicted octanol–water partition coefficient (Wildman–Crippen LogP) is 1.12. The maximum atomic E-state index is 8.42. The highest BCUT2D eigenvalue weighted by molar-refractivity contribution is 4.90. The number of hydrogen-bond donors (Lipinski definition) is 1. The van der Waals surface area contributed by atoms with Crippen molar-refractivity contribution in [3.8, 4) is 0 Å². The van der Waals surface area contributed by atoms with E-state index >= 15 is 0 Å². The van der Waals surface area contributed by atoms with Gasteiger partial charge in [0.15, 0.2) is 0 Å². The molecule has 0 saturated heterocycles. The zero-order valence-corrected chi connectivity index (χ0v) is 9.11. The highest BCUT2D eigenvalue weighted by Crippen LogP contribution is 1.99. The van der Waals surface area contributed by atoms with E-state index in [-0.39, 0.29) is 6.61 Å². The van der Waals surface area contributed by atoms with Gasteiger partial charge in [-0.15, -0.1) is 6.58 Å². The largest absolute Gasteiger partial charge is 0.496 e. The summed E-state index contributed by atoms with van der Waals surface area (Å²) >= 11 is 0. The molecule has 0 unspecified atom stereocenters. The van der Waals surface area contributed by atoms with E-state index in [4.69, 9.17) is 19.3 Å². The average Bonchev–Trinajstić information content (AvgIpc) is 2.22. The molecule has 0 aromatic heterocycles. The molecule has 1 N–H and O–H groups in total. The smallest absolute Gasteiger partial charge is 0.111 e. The molecule has 0 heterocycles. The molecular formula is C11H20O4. The summed E-state index contributed by atoms with van der Waals surface area (Å²) in [5, 5.41) is 8.42. The van der Waals surface area contributed by atoms with Crippen LogP contribution < -0.4 is 0 Å². The van der Waals surface area contributed by atoms with Gasteiger partial charge in [0, 0.05) is 6.42 Å². The highest BCUT2D eigenvalue weighted by Gasteiger charge is 1.93. The first-order valence-corrected chi connectivity index (χ1v) is 4.99. The van der Waals surface area contributed by atoms with Crippen LogP contribution in [0.5, 0.6) is 0 Å². The Hall–Kier alpha value is -0.840. The fourth-order valence-electron chi connectivity index (χ4n) is 0.851. The quantitative estimate of drug-likeness (QED) is 0.319.